The first-order valence-corrected chi connectivity index (χ1v) is 6.74. The Hall–Kier alpha value is -1.06. The number of rotatable bonds is 2. The lowest BCUT2D eigenvalue weighted by Gasteiger charge is -2.21. The number of aliphatic hydroxyl groups is 1. The standard InChI is InChI=1S/C14H16ClNO2/c15-13-5-11(3-1-10(13)8-17)16-6-9-2-4-14(18)12(9)7-16/h1,3,5,8-9,12,14,18H,2,4,6-7H2. The molecule has 1 saturated carbocycles. The monoisotopic (exact) mass is 265 g/mol. The highest BCUT2D eigenvalue weighted by Gasteiger charge is 2.41. The molecule has 1 aliphatic heterocycles. The van der Waals surface area contributed by atoms with Crippen molar-refractivity contribution >= 4 is 23.6 Å². The van der Waals surface area contributed by atoms with Crippen LogP contribution in [0.5, 0.6) is 0 Å². The van der Waals surface area contributed by atoms with Crippen LogP contribution in [0.15, 0.2) is 18.2 Å². The van der Waals surface area contributed by atoms with E-state index >= 15 is 0 Å². The van der Waals surface area contributed by atoms with Crippen molar-refractivity contribution in [1.82, 2.24) is 0 Å². The summed E-state index contributed by atoms with van der Waals surface area (Å²) in [6.07, 6.45) is 2.68. The maximum atomic E-state index is 10.7. The molecule has 1 N–H and O–H groups in total. The fraction of sp³-hybridized carbons (Fsp3) is 0.500. The minimum Gasteiger partial charge on any atom is -0.393 e. The smallest absolute Gasteiger partial charge is 0.151 e. The summed E-state index contributed by atoms with van der Waals surface area (Å²) in [6.45, 7) is 1.88. The first-order chi connectivity index (χ1) is 8.69. The van der Waals surface area contributed by atoms with E-state index < -0.39 is 0 Å². The molecule has 1 heterocycles. The number of hydrogen-bond acceptors (Lipinski definition) is 3. The predicted molar refractivity (Wildman–Crippen MR) is 71.3 cm³/mol. The third-order valence-corrected chi connectivity index (χ3v) is 4.62. The molecule has 0 aromatic heterocycles. The van der Waals surface area contributed by atoms with Gasteiger partial charge in [-0.15, -0.1) is 0 Å². The fourth-order valence-electron chi connectivity index (χ4n) is 3.26. The fourth-order valence-corrected chi connectivity index (χ4v) is 3.48. The highest BCUT2D eigenvalue weighted by molar-refractivity contribution is 6.33. The van der Waals surface area contributed by atoms with Crippen molar-refractivity contribution in [3.8, 4) is 0 Å². The van der Waals surface area contributed by atoms with Gasteiger partial charge in [-0.3, -0.25) is 4.79 Å². The van der Waals surface area contributed by atoms with Crippen LogP contribution in [-0.4, -0.2) is 30.6 Å². The van der Waals surface area contributed by atoms with Crippen LogP contribution in [0.3, 0.4) is 0 Å². The molecule has 1 aliphatic carbocycles. The minimum atomic E-state index is -0.148. The van der Waals surface area contributed by atoms with Crippen LogP contribution in [0.1, 0.15) is 23.2 Å². The molecule has 96 valence electrons. The lowest BCUT2D eigenvalue weighted by atomic mass is 10.00. The van der Waals surface area contributed by atoms with Crippen LogP contribution in [0, 0.1) is 11.8 Å². The average molecular weight is 266 g/mol. The Morgan fingerprint density at radius 1 is 1.33 bits per heavy atom. The number of benzene rings is 1. The SMILES string of the molecule is O=Cc1ccc(N2CC3CCC(O)C3C2)cc1Cl. The van der Waals surface area contributed by atoms with Crippen LogP contribution in [0.2, 0.25) is 5.02 Å². The number of anilines is 1. The zero-order chi connectivity index (χ0) is 12.7. The molecule has 4 heteroatoms. The van der Waals surface area contributed by atoms with E-state index in [9.17, 15) is 9.90 Å². The van der Waals surface area contributed by atoms with Crippen molar-refractivity contribution in [2.45, 2.75) is 18.9 Å². The Morgan fingerprint density at radius 3 is 2.83 bits per heavy atom. The summed E-state index contributed by atoms with van der Waals surface area (Å²) in [4.78, 5) is 13.0. The van der Waals surface area contributed by atoms with E-state index in [1.807, 2.05) is 12.1 Å². The Morgan fingerprint density at radius 2 is 2.17 bits per heavy atom. The second kappa shape index (κ2) is 4.56. The van der Waals surface area contributed by atoms with Gasteiger partial charge < -0.3 is 10.0 Å². The van der Waals surface area contributed by atoms with Crippen molar-refractivity contribution < 1.29 is 9.90 Å². The maximum Gasteiger partial charge on any atom is 0.151 e. The molecule has 0 bridgehead atoms. The molecule has 1 aromatic carbocycles. The first kappa shape index (κ1) is 12.0. The number of nitrogens with zero attached hydrogens (tertiary/aromatic N) is 1. The molecule has 3 rings (SSSR count). The second-order valence-corrected chi connectivity index (χ2v) is 5.70. The summed E-state index contributed by atoms with van der Waals surface area (Å²) in [5.41, 5.74) is 1.58. The van der Waals surface area contributed by atoms with Gasteiger partial charge >= 0.3 is 0 Å². The Kier molecular flexibility index (Phi) is 3.04. The largest absolute Gasteiger partial charge is 0.393 e. The minimum absolute atomic E-state index is 0.148. The van der Waals surface area contributed by atoms with Gasteiger partial charge in [0.1, 0.15) is 0 Å². The molecule has 2 aliphatic rings. The first-order valence-electron chi connectivity index (χ1n) is 6.37. The quantitative estimate of drug-likeness (QED) is 0.835. The summed E-state index contributed by atoms with van der Waals surface area (Å²) in [7, 11) is 0. The van der Waals surface area contributed by atoms with Crippen molar-refractivity contribution in [1.29, 1.82) is 0 Å². The zero-order valence-electron chi connectivity index (χ0n) is 10.1. The lowest BCUT2D eigenvalue weighted by molar-refractivity contribution is 0.112. The number of fused-ring (bicyclic) bond motifs is 1. The number of carbonyl (C=O) groups excluding carboxylic acids is 1. The van der Waals surface area contributed by atoms with Gasteiger partial charge in [0.05, 0.1) is 11.1 Å². The van der Waals surface area contributed by atoms with Crippen molar-refractivity contribution in [2.75, 3.05) is 18.0 Å². The van der Waals surface area contributed by atoms with Crippen LogP contribution in [-0.2, 0) is 0 Å². The normalized spacial score (nSPS) is 30.6. The molecule has 3 unspecified atom stereocenters. The molecule has 3 nitrogen and oxygen atoms in total. The molecule has 18 heavy (non-hydrogen) atoms. The van der Waals surface area contributed by atoms with Crippen LogP contribution >= 0.6 is 11.6 Å². The number of hydrogen-bond donors (Lipinski definition) is 1. The van der Waals surface area contributed by atoms with Gasteiger partial charge in [0, 0.05) is 30.3 Å². The molecular formula is C14H16ClNO2. The Bertz CT molecular complexity index is 477. The van der Waals surface area contributed by atoms with Gasteiger partial charge in [-0.05, 0) is 37.0 Å². The van der Waals surface area contributed by atoms with Crippen molar-refractivity contribution in [3.05, 3.63) is 28.8 Å². The summed E-state index contributed by atoms with van der Waals surface area (Å²) >= 11 is 6.05. The van der Waals surface area contributed by atoms with E-state index in [1.165, 1.54) is 0 Å². The van der Waals surface area contributed by atoms with Crippen molar-refractivity contribution in [3.63, 3.8) is 0 Å². The van der Waals surface area contributed by atoms with Crippen LogP contribution < -0.4 is 4.90 Å². The highest BCUT2D eigenvalue weighted by atomic mass is 35.5. The zero-order valence-corrected chi connectivity index (χ0v) is 10.8. The van der Waals surface area contributed by atoms with E-state index in [4.69, 9.17) is 11.6 Å². The molecule has 1 saturated heterocycles. The van der Waals surface area contributed by atoms with E-state index in [0.29, 0.717) is 22.4 Å². The third kappa shape index (κ3) is 1.91. The van der Waals surface area contributed by atoms with Gasteiger partial charge in [-0.1, -0.05) is 11.6 Å². The molecule has 2 fully saturated rings. The van der Waals surface area contributed by atoms with Gasteiger partial charge in [-0.2, -0.15) is 0 Å². The topological polar surface area (TPSA) is 40.5 Å². The second-order valence-electron chi connectivity index (χ2n) is 5.30. The molecule has 0 radical (unpaired) electrons. The predicted octanol–water partition coefficient (Wildman–Crippen LogP) is 2.36. The maximum absolute atomic E-state index is 10.7. The average Bonchev–Trinajstić information content (AvgIpc) is 2.92. The highest BCUT2D eigenvalue weighted by Crippen LogP contribution is 2.40. The number of halogens is 1. The Labute approximate surface area is 111 Å². The number of carbonyl (C=O) groups is 1. The lowest BCUT2D eigenvalue weighted by Crippen LogP contribution is -2.24. The van der Waals surface area contributed by atoms with Crippen LogP contribution in [0.25, 0.3) is 0 Å². The van der Waals surface area contributed by atoms with Gasteiger partial charge in [0.15, 0.2) is 6.29 Å². The summed E-state index contributed by atoms with van der Waals surface area (Å²) < 4.78 is 0. The molecular weight excluding hydrogens is 250 g/mol. The van der Waals surface area contributed by atoms with Crippen LogP contribution in [0.4, 0.5) is 5.69 Å². The van der Waals surface area contributed by atoms with E-state index in [1.54, 1.807) is 6.07 Å². The van der Waals surface area contributed by atoms with Gasteiger partial charge in [0.25, 0.3) is 0 Å². The number of aliphatic hydroxyl groups excluding tert-OH is 1. The van der Waals surface area contributed by atoms with E-state index in [2.05, 4.69) is 4.90 Å². The summed E-state index contributed by atoms with van der Waals surface area (Å²) in [5, 5.41) is 10.4. The summed E-state index contributed by atoms with van der Waals surface area (Å²) in [6, 6.07) is 5.54. The van der Waals surface area contributed by atoms with Gasteiger partial charge in [-0.25, -0.2) is 0 Å². The third-order valence-electron chi connectivity index (χ3n) is 4.30. The van der Waals surface area contributed by atoms with Crippen molar-refractivity contribution in [2.24, 2.45) is 11.8 Å². The Balaban J connectivity index is 1.81. The van der Waals surface area contributed by atoms with E-state index in [0.717, 1.165) is 37.9 Å². The molecule has 3 atom stereocenters. The molecule has 0 amide bonds. The number of aldehydes is 1. The van der Waals surface area contributed by atoms with Gasteiger partial charge in [0.2, 0.25) is 0 Å². The molecule has 1 aromatic rings. The summed E-state index contributed by atoms with van der Waals surface area (Å²) in [5.74, 6) is 0.999. The van der Waals surface area contributed by atoms with E-state index in [-0.39, 0.29) is 6.10 Å². The molecule has 0 spiro atoms.